The van der Waals surface area contributed by atoms with E-state index in [0.717, 1.165) is 0 Å². The summed E-state index contributed by atoms with van der Waals surface area (Å²) in [4.78, 5) is 56.9. The Balaban J connectivity index is 1.11. The molecule has 12 unspecified atom stereocenters. The normalized spacial score (nSPS) is 30.3. The van der Waals surface area contributed by atoms with Crippen molar-refractivity contribution in [2.75, 3.05) is 51.5 Å². The van der Waals surface area contributed by atoms with Crippen LogP contribution in [-0.2, 0) is 59.7 Å². The van der Waals surface area contributed by atoms with Crippen LogP contribution in [0.3, 0.4) is 0 Å². The van der Waals surface area contributed by atoms with Gasteiger partial charge in [0.05, 0.1) is 73.1 Å². The van der Waals surface area contributed by atoms with Crippen molar-refractivity contribution in [1.29, 1.82) is 0 Å². The zero-order valence-electron chi connectivity index (χ0n) is 66.0. The van der Waals surface area contributed by atoms with E-state index in [1.807, 2.05) is 107 Å². The van der Waals surface area contributed by atoms with Crippen molar-refractivity contribution in [3.8, 4) is 46.0 Å². The monoisotopic (exact) mass is 1570 g/mol. The number of fused-ring (bicyclic) bond motifs is 16. The Kier molecular flexibility index (Phi) is 20.6. The number of methoxy groups -OCH3 is 4. The van der Waals surface area contributed by atoms with Crippen molar-refractivity contribution in [2.45, 2.75) is 235 Å². The fraction of sp³-hybridized carbons (Fsp3) is 0.667. The Hall–Kier alpha value is -6.24. The van der Waals surface area contributed by atoms with Crippen LogP contribution in [0.1, 0.15) is 280 Å². The van der Waals surface area contributed by atoms with E-state index in [1.54, 1.807) is 0 Å². The molecule has 9 aliphatic carbocycles. The third kappa shape index (κ3) is 12.6. The van der Waals surface area contributed by atoms with E-state index in [1.165, 1.54) is 52.7 Å². The maximum absolute atomic E-state index is 15.5. The first-order valence-electron chi connectivity index (χ1n) is 39.3. The number of carbonyl (C=O) groups excluding carboxylic acids is 4. The standard InChI is InChI=1S/C84H112O20S4/c1-17-21-53-57-37-62(70(41-65(57)97-13)102-106(91,92)46-82-30-26-50(34-74(82)86)78(82,7)8)55(23-19-3)59-39-64(72(43-67(59)99-15)104-108(95,96)48-84-32-28-52(36-76(84)88)80(84,11)12)56(24-20-4)60-40-63(71(44-68(60)100-16)103-107(93,94)47-83-31-27-51(35-75(83)87)79(83,9)10)54(22-18-2)58-38-61(53)69(42-66(58)98-14)101-105(89,90)45-81-29-25-49(33-73(81)85)77(81,5)6/h37-44,49-56H,17-36,45-48H2,1-16H3. The first kappa shape index (κ1) is 79.8. The molecule has 108 heavy (non-hydrogen) atoms. The average molecular weight is 1570 g/mol. The quantitative estimate of drug-likeness (QED) is 0.0478. The number of rotatable bonds is 28. The lowest BCUT2D eigenvalue weighted by Crippen LogP contribution is -2.43. The molecule has 0 amide bonds. The molecule has 16 bridgehead atoms. The van der Waals surface area contributed by atoms with Gasteiger partial charge in [0.15, 0.2) is 0 Å². The predicted molar refractivity (Wildman–Crippen MR) is 411 cm³/mol. The van der Waals surface area contributed by atoms with E-state index in [2.05, 4.69) is 0 Å². The van der Waals surface area contributed by atoms with Crippen LogP contribution in [-0.4, -0.2) is 108 Å². The smallest absolute Gasteiger partial charge is 0.310 e. The van der Waals surface area contributed by atoms with Crippen LogP contribution in [0.15, 0.2) is 48.5 Å². The highest BCUT2D eigenvalue weighted by Crippen LogP contribution is 2.69. The summed E-state index contributed by atoms with van der Waals surface area (Å²) in [6, 6.07) is 13.4. The second-order valence-corrected chi connectivity index (χ2v) is 42.0. The summed E-state index contributed by atoms with van der Waals surface area (Å²) < 4.78 is 176. The number of hydrogen-bond donors (Lipinski definition) is 0. The summed E-state index contributed by atoms with van der Waals surface area (Å²) in [5.41, 5.74) is -4.61. The first-order valence-corrected chi connectivity index (χ1v) is 45.6. The van der Waals surface area contributed by atoms with Crippen molar-refractivity contribution < 1.29 is 88.5 Å². The molecule has 592 valence electrons. The predicted octanol–water partition coefficient (Wildman–Crippen LogP) is 16.2. The second kappa shape index (κ2) is 27.8. The molecule has 13 rings (SSSR count). The summed E-state index contributed by atoms with van der Waals surface area (Å²) >= 11 is 0. The Morgan fingerprint density at radius 3 is 0.611 bits per heavy atom. The molecule has 4 aromatic carbocycles. The van der Waals surface area contributed by atoms with Gasteiger partial charge >= 0.3 is 40.5 Å². The third-order valence-corrected chi connectivity index (χ3v) is 35.0. The zero-order valence-corrected chi connectivity index (χ0v) is 69.3. The van der Waals surface area contributed by atoms with E-state index >= 15 is 33.7 Å². The molecule has 0 aromatic heterocycles. The largest absolute Gasteiger partial charge is 0.496 e. The van der Waals surface area contributed by atoms with Gasteiger partial charge < -0.3 is 35.7 Å². The molecular formula is C84H112O20S4. The van der Waals surface area contributed by atoms with Crippen molar-refractivity contribution in [1.82, 2.24) is 0 Å². The Morgan fingerprint density at radius 2 is 0.472 bits per heavy atom. The molecule has 20 nitrogen and oxygen atoms in total. The van der Waals surface area contributed by atoms with Gasteiger partial charge in [0.25, 0.3) is 0 Å². The summed E-state index contributed by atoms with van der Waals surface area (Å²) in [6.45, 7) is 23.5. The van der Waals surface area contributed by atoms with Crippen molar-refractivity contribution in [3.63, 3.8) is 0 Å². The molecular weight excluding hydrogens is 1460 g/mol. The summed E-state index contributed by atoms with van der Waals surface area (Å²) in [5, 5.41) is 0. The summed E-state index contributed by atoms with van der Waals surface area (Å²) in [6.07, 6.45) is 7.99. The van der Waals surface area contributed by atoms with Gasteiger partial charge in [-0.15, -0.1) is 0 Å². The molecule has 4 aromatic rings. The summed E-state index contributed by atoms with van der Waals surface area (Å²) in [7, 11) is -13.1. The number of Topliss-reactive ketones (excluding diaryl/α,β-unsaturated/α-hetero) is 4. The van der Waals surface area contributed by atoms with Gasteiger partial charge in [0.2, 0.25) is 0 Å². The molecule has 0 aliphatic heterocycles. The molecule has 0 N–H and O–H groups in total. The number of hydrogen-bond acceptors (Lipinski definition) is 20. The number of ether oxygens (including phenoxy) is 4. The number of ketones is 4. The van der Waals surface area contributed by atoms with Crippen molar-refractivity contribution in [3.05, 3.63) is 93.0 Å². The van der Waals surface area contributed by atoms with Gasteiger partial charge in [-0.1, -0.05) is 109 Å². The van der Waals surface area contributed by atoms with E-state index in [0.29, 0.717) is 122 Å². The molecule has 9 aliphatic rings. The Morgan fingerprint density at radius 1 is 0.296 bits per heavy atom. The summed E-state index contributed by atoms with van der Waals surface area (Å²) in [5.74, 6) is -6.62. The van der Waals surface area contributed by atoms with Gasteiger partial charge in [-0.3, -0.25) is 19.2 Å². The van der Waals surface area contributed by atoms with Crippen LogP contribution in [0, 0.1) is 67.0 Å². The van der Waals surface area contributed by atoms with E-state index in [-0.39, 0.29) is 144 Å². The van der Waals surface area contributed by atoms with Gasteiger partial charge in [-0.2, -0.15) is 33.7 Å². The van der Waals surface area contributed by atoms with Crippen LogP contribution in [0.25, 0.3) is 0 Å². The van der Waals surface area contributed by atoms with Crippen LogP contribution in [0.5, 0.6) is 46.0 Å². The molecule has 0 heterocycles. The molecule has 0 radical (unpaired) electrons. The minimum Gasteiger partial charge on any atom is -0.496 e. The van der Waals surface area contributed by atoms with Gasteiger partial charge in [0, 0.05) is 118 Å². The Bertz CT molecular complexity index is 4200. The fourth-order valence-corrected chi connectivity index (χ4v) is 30.0. The minimum atomic E-state index is -4.71. The lowest BCUT2D eigenvalue weighted by atomic mass is 9.70. The maximum atomic E-state index is 15.5. The first-order chi connectivity index (χ1) is 50.6. The van der Waals surface area contributed by atoms with Gasteiger partial charge in [-0.25, -0.2) is 0 Å². The average Bonchev–Trinajstić information content (AvgIpc) is 1.51. The Labute approximate surface area is 640 Å². The number of carbonyl (C=O) groups is 4. The third-order valence-electron chi connectivity index (χ3n) is 29.9. The minimum absolute atomic E-state index is 0.0193. The topological polar surface area (TPSA) is 279 Å². The van der Waals surface area contributed by atoms with Crippen molar-refractivity contribution >= 4 is 63.6 Å². The van der Waals surface area contributed by atoms with Crippen LogP contribution in [0.2, 0.25) is 0 Å². The molecule has 0 saturated heterocycles. The van der Waals surface area contributed by atoms with E-state index < -0.39 is 130 Å². The highest BCUT2D eigenvalue weighted by Gasteiger charge is 2.69. The van der Waals surface area contributed by atoms with Crippen LogP contribution in [0.4, 0.5) is 0 Å². The highest BCUT2D eigenvalue weighted by molar-refractivity contribution is 7.88. The molecule has 12 atom stereocenters. The van der Waals surface area contributed by atoms with E-state index in [4.69, 9.17) is 35.7 Å². The van der Waals surface area contributed by atoms with Crippen LogP contribution >= 0.6 is 0 Å². The van der Waals surface area contributed by atoms with E-state index in [9.17, 15) is 19.2 Å². The van der Waals surface area contributed by atoms with Gasteiger partial charge in [-0.05, 0) is 147 Å². The molecule has 0 spiro atoms. The number of benzene rings is 4. The van der Waals surface area contributed by atoms with Gasteiger partial charge in [0.1, 0.15) is 69.1 Å². The van der Waals surface area contributed by atoms with Crippen molar-refractivity contribution in [2.24, 2.45) is 67.0 Å². The fourth-order valence-electron chi connectivity index (χ4n) is 22.9. The zero-order chi connectivity index (χ0) is 78.5. The lowest BCUT2D eigenvalue weighted by Gasteiger charge is -2.36. The molecule has 8 saturated carbocycles. The SMILES string of the molecule is CCCC1c2cc(c(OS(=O)(=O)CC34CCC(CC3=O)C4(C)C)cc2OC)C(CCC)c2cc(c(OS(=O)(=O)CC34CCC(CC3=O)C4(C)C)cc2OC)C(CCC)c2cc(c(OS(=O)(=O)CC34CCC(CC3=O)C4(C)C)cc2OC)C(CCC)c2cc1c(OS(=O)(=O)CC13CCC(CC1=O)C3(C)C)cc2OC. The molecule has 24 heteroatoms. The lowest BCUT2D eigenvalue weighted by molar-refractivity contribution is -0.128. The maximum Gasteiger partial charge on any atom is 0.310 e. The second-order valence-electron chi connectivity index (χ2n) is 35.7. The molecule has 8 fully saturated rings. The van der Waals surface area contributed by atoms with Crippen LogP contribution < -0.4 is 35.7 Å². The highest BCUT2D eigenvalue weighted by atomic mass is 32.2.